The van der Waals surface area contributed by atoms with Gasteiger partial charge >= 0.3 is 0 Å². The number of aromatic amines is 1. The molecule has 0 saturated carbocycles. The molecule has 0 spiro atoms. The minimum atomic E-state index is 0.617. The lowest BCUT2D eigenvalue weighted by Gasteiger charge is -2.06. The monoisotopic (exact) mass is 395 g/mol. The van der Waals surface area contributed by atoms with Gasteiger partial charge in [0.15, 0.2) is 5.82 Å². The van der Waals surface area contributed by atoms with E-state index in [1.165, 1.54) is 11.8 Å². The van der Waals surface area contributed by atoms with E-state index in [0.29, 0.717) is 38.3 Å². The lowest BCUT2D eigenvalue weighted by Crippen LogP contribution is -1.89. The zero-order chi connectivity index (χ0) is 17.8. The van der Waals surface area contributed by atoms with Crippen molar-refractivity contribution in [1.82, 2.24) is 15.2 Å². The quantitative estimate of drug-likeness (QED) is 0.589. The van der Waals surface area contributed by atoms with Gasteiger partial charge in [-0.05, 0) is 29.8 Å². The Hall–Kier alpha value is -1.89. The number of hydrogen-bond donors (Lipinski definition) is 1. The normalized spacial score (nSPS) is 10.7. The first-order valence-electron chi connectivity index (χ1n) is 7.31. The standard InChI is InChI=1S/C17H15Cl2N3O2S/c1-23-13-5-11(6-14(8-13)24-2)16-20-17(22-21-16)25-9-10-3-4-12(18)7-15(10)19/h3-8H,9H2,1-2H3,(H,20,21,22). The number of hydrogen-bond acceptors (Lipinski definition) is 5. The highest BCUT2D eigenvalue weighted by Crippen LogP contribution is 2.30. The summed E-state index contributed by atoms with van der Waals surface area (Å²) in [6, 6.07) is 11.0. The number of aromatic nitrogens is 3. The first-order valence-corrected chi connectivity index (χ1v) is 9.06. The second-order valence-corrected chi connectivity index (χ2v) is 6.88. The van der Waals surface area contributed by atoms with E-state index in [1.54, 1.807) is 26.4 Å². The zero-order valence-electron chi connectivity index (χ0n) is 13.5. The smallest absolute Gasteiger partial charge is 0.209 e. The third-order valence-corrected chi connectivity index (χ3v) is 4.94. The molecule has 0 radical (unpaired) electrons. The molecule has 1 heterocycles. The van der Waals surface area contributed by atoms with Crippen LogP contribution in [-0.2, 0) is 5.75 Å². The third kappa shape index (κ3) is 4.39. The lowest BCUT2D eigenvalue weighted by molar-refractivity contribution is 0.394. The van der Waals surface area contributed by atoms with E-state index in [1.807, 2.05) is 24.3 Å². The molecule has 0 atom stereocenters. The van der Waals surface area contributed by atoms with Crippen LogP contribution in [0.25, 0.3) is 11.4 Å². The largest absolute Gasteiger partial charge is 0.497 e. The first-order chi connectivity index (χ1) is 12.1. The minimum absolute atomic E-state index is 0.617. The number of halogens is 2. The van der Waals surface area contributed by atoms with Crippen LogP contribution in [0.2, 0.25) is 10.0 Å². The summed E-state index contributed by atoms with van der Waals surface area (Å²) in [5, 5.41) is 9.06. The molecule has 0 unspecified atom stereocenters. The second kappa shape index (κ2) is 7.99. The summed E-state index contributed by atoms with van der Waals surface area (Å²) in [6.45, 7) is 0. The van der Waals surface area contributed by atoms with E-state index in [0.717, 1.165) is 11.1 Å². The highest BCUT2D eigenvalue weighted by Gasteiger charge is 2.11. The molecule has 130 valence electrons. The number of nitrogens with one attached hydrogen (secondary N) is 1. The van der Waals surface area contributed by atoms with E-state index in [2.05, 4.69) is 15.2 Å². The fourth-order valence-corrected chi connectivity index (χ4v) is 3.52. The van der Waals surface area contributed by atoms with Crippen molar-refractivity contribution in [2.24, 2.45) is 0 Å². The Morgan fingerprint density at radius 3 is 2.40 bits per heavy atom. The Balaban J connectivity index is 1.76. The number of H-pyrrole nitrogens is 1. The van der Waals surface area contributed by atoms with E-state index < -0.39 is 0 Å². The predicted molar refractivity (Wildman–Crippen MR) is 101 cm³/mol. The van der Waals surface area contributed by atoms with Crippen molar-refractivity contribution in [3.63, 3.8) is 0 Å². The van der Waals surface area contributed by atoms with Gasteiger partial charge in [0, 0.05) is 27.4 Å². The molecular weight excluding hydrogens is 381 g/mol. The SMILES string of the molecule is COc1cc(OC)cc(-c2nc(SCc3ccc(Cl)cc3Cl)n[nH]2)c1. The van der Waals surface area contributed by atoms with Crippen molar-refractivity contribution in [2.45, 2.75) is 10.9 Å². The average Bonchev–Trinajstić information content (AvgIpc) is 3.09. The van der Waals surface area contributed by atoms with Crippen LogP contribution in [0.1, 0.15) is 5.56 Å². The molecule has 25 heavy (non-hydrogen) atoms. The van der Waals surface area contributed by atoms with Gasteiger partial charge in [-0.15, -0.1) is 5.10 Å². The van der Waals surface area contributed by atoms with Crippen LogP contribution in [-0.4, -0.2) is 29.4 Å². The van der Waals surface area contributed by atoms with Crippen LogP contribution in [0.15, 0.2) is 41.6 Å². The summed E-state index contributed by atoms with van der Waals surface area (Å²) in [5.41, 5.74) is 1.81. The Bertz CT molecular complexity index is 864. The van der Waals surface area contributed by atoms with E-state index >= 15 is 0 Å². The molecule has 3 aromatic rings. The number of nitrogens with zero attached hydrogens (tertiary/aromatic N) is 2. The molecule has 0 aliphatic heterocycles. The van der Waals surface area contributed by atoms with Crippen LogP contribution < -0.4 is 9.47 Å². The molecule has 1 N–H and O–H groups in total. The Kier molecular flexibility index (Phi) is 5.73. The maximum atomic E-state index is 6.19. The number of methoxy groups -OCH3 is 2. The fourth-order valence-electron chi connectivity index (χ4n) is 2.17. The summed E-state index contributed by atoms with van der Waals surface area (Å²) < 4.78 is 10.6. The molecule has 5 nitrogen and oxygen atoms in total. The third-order valence-electron chi connectivity index (χ3n) is 3.46. The van der Waals surface area contributed by atoms with E-state index in [-0.39, 0.29) is 0 Å². The van der Waals surface area contributed by atoms with Gasteiger partial charge < -0.3 is 9.47 Å². The summed E-state index contributed by atoms with van der Waals surface area (Å²) >= 11 is 13.6. The zero-order valence-corrected chi connectivity index (χ0v) is 15.9. The van der Waals surface area contributed by atoms with E-state index in [9.17, 15) is 0 Å². The maximum absolute atomic E-state index is 6.19. The molecule has 3 rings (SSSR count). The van der Waals surface area contributed by atoms with Gasteiger partial charge in [-0.1, -0.05) is 41.0 Å². The first kappa shape index (κ1) is 17.9. The molecule has 0 aliphatic carbocycles. The van der Waals surface area contributed by atoms with Gasteiger partial charge in [-0.25, -0.2) is 4.98 Å². The van der Waals surface area contributed by atoms with Crippen molar-refractivity contribution in [2.75, 3.05) is 14.2 Å². The molecule has 1 aromatic heterocycles. The van der Waals surface area contributed by atoms with Crippen molar-refractivity contribution in [3.8, 4) is 22.9 Å². The van der Waals surface area contributed by atoms with Crippen molar-refractivity contribution in [3.05, 3.63) is 52.0 Å². The average molecular weight is 396 g/mol. The number of rotatable bonds is 6. The summed E-state index contributed by atoms with van der Waals surface area (Å²) in [7, 11) is 3.21. The van der Waals surface area contributed by atoms with Gasteiger partial charge in [-0.3, -0.25) is 5.10 Å². The highest BCUT2D eigenvalue weighted by molar-refractivity contribution is 7.98. The molecule has 0 fully saturated rings. The van der Waals surface area contributed by atoms with Crippen LogP contribution in [0.5, 0.6) is 11.5 Å². The highest BCUT2D eigenvalue weighted by atomic mass is 35.5. The summed E-state index contributed by atoms with van der Waals surface area (Å²) in [4.78, 5) is 4.51. The number of thioether (sulfide) groups is 1. The van der Waals surface area contributed by atoms with Gasteiger partial charge in [-0.2, -0.15) is 0 Å². The van der Waals surface area contributed by atoms with Crippen molar-refractivity contribution < 1.29 is 9.47 Å². The van der Waals surface area contributed by atoms with Crippen molar-refractivity contribution >= 4 is 35.0 Å². The number of ether oxygens (including phenoxy) is 2. The molecule has 0 saturated heterocycles. The molecule has 2 aromatic carbocycles. The molecular formula is C17H15Cl2N3O2S. The van der Waals surface area contributed by atoms with Crippen LogP contribution in [0, 0.1) is 0 Å². The Morgan fingerprint density at radius 2 is 1.76 bits per heavy atom. The molecule has 0 amide bonds. The summed E-state index contributed by atoms with van der Waals surface area (Å²) in [5.74, 6) is 2.66. The van der Waals surface area contributed by atoms with Crippen molar-refractivity contribution in [1.29, 1.82) is 0 Å². The van der Waals surface area contributed by atoms with Crippen LogP contribution in [0.4, 0.5) is 0 Å². The number of benzene rings is 2. The van der Waals surface area contributed by atoms with Gasteiger partial charge in [0.05, 0.1) is 14.2 Å². The summed E-state index contributed by atoms with van der Waals surface area (Å²) in [6.07, 6.45) is 0. The fraction of sp³-hybridized carbons (Fsp3) is 0.176. The Labute approximate surface area is 159 Å². The minimum Gasteiger partial charge on any atom is -0.497 e. The molecule has 0 bridgehead atoms. The van der Waals surface area contributed by atoms with Gasteiger partial charge in [0.25, 0.3) is 0 Å². The Morgan fingerprint density at radius 1 is 1.04 bits per heavy atom. The predicted octanol–water partition coefficient (Wildman–Crippen LogP) is 5.09. The van der Waals surface area contributed by atoms with E-state index in [4.69, 9.17) is 32.7 Å². The topological polar surface area (TPSA) is 60.0 Å². The van der Waals surface area contributed by atoms with Gasteiger partial charge in [0.2, 0.25) is 5.16 Å². The maximum Gasteiger partial charge on any atom is 0.209 e. The van der Waals surface area contributed by atoms with Gasteiger partial charge in [0.1, 0.15) is 11.5 Å². The van der Waals surface area contributed by atoms with Crippen LogP contribution >= 0.6 is 35.0 Å². The lowest BCUT2D eigenvalue weighted by atomic mass is 10.2. The second-order valence-electron chi connectivity index (χ2n) is 5.09. The molecule has 8 heteroatoms. The van der Waals surface area contributed by atoms with Crippen LogP contribution in [0.3, 0.4) is 0 Å². The molecule has 0 aliphatic rings.